The molecule has 1 aliphatic heterocycles. The molecule has 0 saturated carbocycles. The van der Waals surface area contributed by atoms with Gasteiger partial charge in [0.1, 0.15) is 5.82 Å². The van der Waals surface area contributed by atoms with E-state index in [2.05, 4.69) is 5.32 Å². The zero-order chi connectivity index (χ0) is 16.7. The minimum Gasteiger partial charge on any atom is -0.324 e. The Balaban J connectivity index is 2.18. The molecule has 23 heavy (non-hydrogen) atoms. The number of fused-ring (bicyclic) bond motifs is 1. The lowest BCUT2D eigenvalue weighted by Crippen LogP contribution is -2.30. The van der Waals surface area contributed by atoms with Crippen molar-refractivity contribution in [2.24, 2.45) is 0 Å². The molecule has 3 amide bonds. The molecule has 0 aliphatic carbocycles. The number of imide groups is 1. The molecular formula is C17H13FN2O3. The number of nitrogens with one attached hydrogen (secondary N) is 1. The monoisotopic (exact) mass is 312 g/mol. The molecule has 0 bridgehead atoms. The van der Waals surface area contributed by atoms with E-state index < -0.39 is 17.6 Å². The zero-order valence-electron chi connectivity index (χ0n) is 12.5. The van der Waals surface area contributed by atoms with Crippen LogP contribution in [0.4, 0.5) is 15.8 Å². The number of carbonyl (C=O) groups excluding carboxylic acids is 3. The normalized spacial score (nSPS) is 13.3. The summed E-state index contributed by atoms with van der Waals surface area (Å²) in [5.41, 5.74) is 1.21. The fourth-order valence-corrected chi connectivity index (χ4v) is 2.65. The third kappa shape index (κ3) is 2.38. The Kier molecular flexibility index (Phi) is 3.44. The molecule has 3 rings (SSSR count). The molecule has 1 N–H and O–H groups in total. The number of aryl methyl sites for hydroxylation is 1. The van der Waals surface area contributed by atoms with Gasteiger partial charge in [-0.2, -0.15) is 0 Å². The number of nitrogens with zero attached hydrogens (tertiary/aromatic N) is 1. The smallest absolute Gasteiger partial charge is 0.266 e. The van der Waals surface area contributed by atoms with Crippen LogP contribution in [-0.2, 0) is 4.79 Å². The number of hydrogen-bond donors (Lipinski definition) is 1. The Morgan fingerprint density at radius 2 is 1.65 bits per heavy atom. The summed E-state index contributed by atoms with van der Waals surface area (Å²) in [5.74, 6) is -2.05. The van der Waals surface area contributed by atoms with E-state index in [9.17, 15) is 18.8 Å². The summed E-state index contributed by atoms with van der Waals surface area (Å²) in [7, 11) is 0. The lowest BCUT2D eigenvalue weighted by molar-refractivity contribution is -0.114. The Labute approximate surface area is 131 Å². The Hall–Kier alpha value is -3.02. The van der Waals surface area contributed by atoms with Gasteiger partial charge in [-0.3, -0.25) is 14.4 Å². The molecule has 2 aromatic rings. The third-order valence-electron chi connectivity index (χ3n) is 3.62. The maximum atomic E-state index is 13.8. The average Bonchev–Trinajstić information content (AvgIpc) is 2.74. The molecule has 0 fully saturated rings. The van der Waals surface area contributed by atoms with Gasteiger partial charge in [0, 0.05) is 13.0 Å². The van der Waals surface area contributed by atoms with Gasteiger partial charge in [0.15, 0.2) is 0 Å². The lowest BCUT2D eigenvalue weighted by Gasteiger charge is -2.20. The van der Waals surface area contributed by atoms with Crippen LogP contribution in [0.1, 0.15) is 33.2 Å². The quantitative estimate of drug-likeness (QED) is 0.867. The van der Waals surface area contributed by atoms with Gasteiger partial charge in [-0.1, -0.05) is 12.1 Å². The summed E-state index contributed by atoms with van der Waals surface area (Å²) in [6, 6.07) is 8.69. The molecule has 0 radical (unpaired) electrons. The Bertz CT molecular complexity index is 826. The molecule has 5 nitrogen and oxygen atoms in total. The van der Waals surface area contributed by atoms with E-state index in [1.54, 1.807) is 31.2 Å². The number of benzene rings is 2. The van der Waals surface area contributed by atoms with E-state index in [0.717, 1.165) is 11.0 Å². The number of amides is 3. The van der Waals surface area contributed by atoms with Gasteiger partial charge >= 0.3 is 0 Å². The van der Waals surface area contributed by atoms with Crippen LogP contribution in [0.2, 0.25) is 0 Å². The molecule has 0 saturated heterocycles. The van der Waals surface area contributed by atoms with Crippen molar-refractivity contribution in [3.8, 4) is 0 Å². The Morgan fingerprint density at radius 1 is 1.09 bits per heavy atom. The fraction of sp³-hybridized carbons (Fsp3) is 0.118. The first-order chi connectivity index (χ1) is 10.9. The summed E-state index contributed by atoms with van der Waals surface area (Å²) in [6.07, 6.45) is 0. The largest absolute Gasteiger partial charge is 0.324 e. The van der Waals surface area contributed by atoms with Crippen LogP contribution in [0, 0.1) is 12.7 Å². The van der Waals surface area contributed by atoms with Gasteiger partial charge in [-0.25, -0.2) is 9.29 Å². The molecule has 2 aromatic carbocycles. The highest BCUT2D eigenvalue weighted by atomic mass is 19.1. The maximum absolute atomic E-state index is 13.8. The number of rotatable bonds is 2. The van der Waals surface area contributed by atoms with Crippen molar-refractivity contribution in [2.75, 3.05) is 10.2 Å². The van der Waals surface area contributed by atoms with Crippen LogP contribution in [0.3, 0.4) is 0 Å². The first kappa shape index (κ1) is 14.9. The topological polar surface area (TPSA) is 66.5 Å². The van der Waals surface area contributed by atoms with Crippen LogP contribution in [0.25, 0.3) is 0 Å². The summed E-state index contributed by atoms with van der Waals surface area (Å²) >= 11 is 0. The van der Waals surface area contributed by atoms with Crippen LogP contribution < -0.4 is 10.2 Å². The molecule has 0 aromatic heterocycles. The Morgan fingerprint density at radius 3 is 2.17 bits per heavy atom. The highest BCUT2D eigenvalue weighted by Gasteiger charge is 2.38. The standard InChI is InChI=1S/C17H13FN2O3/c1-9-7-11(18)8-14(15(9)19-10(2)21)20-16(22)12-5-3-4-6-13(12)17(20)23/h3-8H,1-2H3,(H,19,21). The molecule has 6 heteroatoms. The second-order valence-electron chi connectivity index (χ2n) is 5.29. The van der Waals surface area contributed by atoms with E-state index in [1.165, 1.54) is 13.0 Å². The summed E-state index contributed by atoms with van der Waals surface area (Å²) in [5, 5.41) is 2.56. The van der Waals surface area contributed by atoms with E-state index in [-0.39, 0.29) is 28.4 Å². The van der Waals surface area contributed by atoms with Crippen molar-refractivity contribution in [1.29, 1.82) is 0 Å². The van der Waals surface area contributed by atoms with Gasteiger partial charge in [-0.05, 0) is 30.7 Å². The second kappa shape index (κ2) is 5.31. The molecule has 116 valence electrons. The predicted octanol–water partition coefficient (Wildman–Crippen LogP) is 2.89. The number of carbonyl (C=O) groups is 3. The van der Waals surface area contributed by atoms with Crippen LogP contribution in [0.15, 0.2) is 36.4 Å². The first-order valence-electron chi connectivity index (χ1n) is 6.95. The highest BCUT2D eigenvalue weighted by Crippen LogP contribution is 2.36. The third-order valence-corrected chi connectivity index (χ3v) is 3.62. The average molecular weight is 312 g/mol. The molecule has 0 atom stereocenters. The van der Waals surface area contributed by atoms with Crippen molar-refractivity contribution < 1.29 is 18.8 Å². The van der Waals surface area contributed by atoms with Gasteiger partial charge in [0.25, 0.3) is 11.8 Å². The van der Waals surface area contributed by atoms with Crippen molar-refractivity contribution >= 4 is 29.1 Å². The molecule has 1 heterocycles. The molecule has 0 spiro atoms. The van der Waals surface area contributed by atoms with Crippen LogP contribution >= 0.6 is 0 Å². The van der Waals surface area contributed by atoms with E-state index >= 15 is 0 Å². The fourth-order valence-electron chi connectivity index (χ4n) is 2.65. The molecule has 0 unspecified atom stereocenters. The van der Waals surface area contributed by atoms with Gasteiger partial charge in [0.2, 0.25) is 5.91 Å². The molecular weight excluding hydrogens is 299 g/mol. The van der Waals surface area contributed by atoms with Crippen molar-refractivity contribution in [1.82, 2.24) is 0 Å². The van der Waals surface area contributed by atoms with Gasteiger partial charge in [0.05, 0.1) is 22.5 Å². The lowest BCUT2D eigenvalue weighted by atomic mass is 10.1. The van der Waals surface area contributed by atoms with E-state index in [4.69, 9.17) is 0 Å². The van der Waals surface area contributed by atoms with Crippen molar-refractivity contribution in [3.05, 3.63) is 58.9 Å². The zero-order valence-corrected chi connectivity index (χ0v) is 12.5. The number of halogens is 1. The SMILES string of the molecule is CC(=O)Nc1c(C)cc(F)cc1N1C(=O)c2ccccc2C1=O. The highest BCUT2D eigenvalue weighted by molar-refractivity contribution is 6.35. The molecule has 1 aliphatic rings. The number of anilines is 2. The van der Waals surface area contributed by atoms with Gasteiger partial charge in [-0.15, -0.1) is 0 Å². The second-order valence-corrected chi connectivity index (χ2v) is 5.29. The maximum Gasteiger partial charge on any atom is 0.266 e. The summed E-state index contributed by atoms with van der Waals surface area (Å²) < 4.78 is 13.8. The summed E-state index contributed by atoms with van der Waals surface area (Å²) in [6.45, 7) is 2.89. The van der Waals surface area contributed by atoms with Crippen LogP contribution in [0.5, 0.6) is 0 Å². The van der Waals surface area contributed by atoms with Crippen molar-refractivity contribution in [3.63, 3.8) is 0 Å². The first-order valence-corrected chi connectivity index (χ1v) is 6.95. The summed E-state index contributed by atoms with van der Waals surface area (Å²) in [4.78, 5) is 37.4. The predicted molar refractivity (Wildman–Crippen MR) is 83.0 cm³/mol. The minimum absolute atomic E-state index is 0.0314. The van der Waals surface area contributed by atoms with Crippen molar-refractivity contribution in [2.45, 2.75) is 13.8 Å². The van der Waals surface area contributed by atoms with Gasteiger partial charge < -0.3 is 5.32 Å². The van der Waals surface area contributed by atoms with Crippen LogP contribution in [-0.4, -0.2) is 17.7 Å². The minimum atomic E-state index is -0.594. The number of hydrogen-bond acceptors (Lipinski definition) is 3. The van der Waals surface area contributed by atoms with E-state index in [1.807, 2.05) is 0 Å². The van der Waals surface area contributed by atoms with E-state index in [0.29, 0.717) is 5.56 Å².